The first-order valence-electron chi connectivity index (χ1n) is 8.50. The molecule has 0 saturated carbocycles. The van der Waals surface area contributed by atoms with Crippen molar-refractivity contribution in [3.8, 4) is 11.4 Å². The van der Waals surface area contributed by atoms with Crippen LogP contribution in [0.15, 0.2) is 42.7 Å². The smallest absolute Gasteiger partial charge is 0.0876 e. The maximum atomic E-state index is 4.26. The SMILES string of the molecule is Cc1ccc(C2CCN(Cc3cn[nH]c3-c3ccnn3C)C2)cc1. The second-order valence-corrected chi connectivity index (χ2v) is 6.74. The van der Waals surface area contributed by atoms with E-state index in [2.05, 4.69) is 51.4 Å². The van der Waals surface area contributed by atoms with E-state index in [0.29, 0.717) is 5.92 Å². The number of aryl methyl sites for hydroxylation is 2. The first-order valence-corrected chi connectivity index (χ1v) is 8.50. The Labute approximate surface area is 142 Å². The van der Waals surface area contributed by atoms with Gasteiger partial charge in [0.05, 0.1) is 17.6 Å². The fourth-order valence-electron chi connectivity index (χ4n) is 3.60. The minimum Gasteiger partial charge on any atom is -0.298 e. The number of hydrogen-bond acceptors (Lipinski definition) is 3. The lowest BCUT2D eigenvalue weighted by Gasteiger charge is -2.16. The van der Waals surface area contributed by atoms with Crippen LogP contribution in [-0.4, -0.2) is 38.0 Å². The van der Waals surface area contributed by atoms with Crippen molar-refractivity contribution in [3.05, 3.63) is 59.4 Å². The molecule has 2 aromatic heterocycles. The number of likely N-dealkylation sites (tertiary alicyclic amines) is 1. The molecule has 0 radical (unpaired) electrons. The Morgan fingerprint density at radius 3 is 2.79 bits per heavy atom. The Hall–Kier alpha value is -2.40. The summed E-state index contributed by atoms with van der Waals surface area (Å²) in [4.78, 5) is 2.52. The van der Waals surface area contributed by atoms with Gasteiger partial charge in [0, 0.05) is 31.9 Å². The van der Waals surface area contributed by atoms with Gasteiger partial charge in [0.2, 0.25) is 0 Å². The molecule has 1 unspecified atom stereocenters. The van der Waals surface area contributed by atoms with Crippen molar-refractivity contribution >= 4 is 0 Å². The monoisotopic (exact) mass is 321 g/mol. The molecule has 1 aromatic carbocycles. The topological polar surface area (TPSA) is 49.7 Å². The van der Waals surface area contributed by atoms with Crippen LogP contribution in [0.1, 0.15) is 29.0 Å². The van der Waals surface area contributed by atoms with Crippen LogP contribution in [0.4, 0.5) is 0 Å². The summed E-state index contributed by atoms with van der Waals surface area (Å²) in [5.41, 5.74) is 6.18. The molecule has 1 saturated heterocycles. The summed E-state index contributed by atoms with van der Waals surface area (Å²) in [5.74, 6) is 0.637. The predicted molar refractivity (Wildman–Crippen MR) is 94.6 cm³/mol. The molecule has 5 nitrogen and oxygen atoms in total. The van der Waals surface area contributed by atoms with Gasteiger partial charge in [0.25, 0.3) is 0 Å². The average Bonchev–Trinajstić information content (AvgIpc) is 3.30. The first-order chi connectivity index (χ1) is 11.7. The van der Waals surface area contributed by atoms with Crippen LogP contribution in [-0.2, 0) is 13.6 Å². The molecule has 4 rings (SSSR count). The maximum absolute atomic E-state index is 4.26. The van der Waals surface area contributed by atoms with E-state index in [1.54, 1.807) is 0 Å². The lowest BCUT2D eigenvalue weighted by atomic mass is 9.97. The Balaban J connectivity index is 1.47. The zero-order valence-electron chi connectivity index (χ0n) is 14.2. The zero-order chi connectivity index (χ0) is 16.5. The highest BCUT2D eigenvalue weighted by atomic mass is 15.3. The maximum Gasteiger partial charge on any atom is 0.0876 e. The fourth-order valence-corrected chi connectivity index (χ4v) is 3.60. The van der Waals surface area contributed by atoms with Gasteiger partial charge in [-0.1, -0.05) is 29.8 Å². The lowest BCUT2D eigenvalue weighted by Crippen LogP contribution is -2.20. The minimum absolute atomic E-state index is 0.637. The van der Waals surface area contributed by atoms with Crippen LogP contribution in [0.3, 0.4) is 0 Å². The van der Waals surface area contributed by atoms with Gasteiger partial charge in [-0.15, -0.1) is 0 Å². The molecule has 1 atom stereocenters. The van der Waals surface area contributed by atoms with Gasteiger partial charge in [-0.25, -0.2) is 0 Å². The molecule has 24 heavy (non-hydrogen) atoms. The molecule has 1 N–H and O–H groups in total. The molecule has 5 heteroatoms. The largest absolute Gasteiger partial charge is 0.298 e. The standard InChI is InChI=1S/C19H23N5/c1-14-3-5-15(6-4-14)16-8-10-24(12-16)13-17-11-20-22-19(17)18-7-9-21-23(18)2/h3-7,9,11,16H,8,10,12-13H2,1-2H3,(H,20,22). The Bertz CT molecular complexity index is 814. The fraction of sp³-hybridized carbons (Fsp3) is 0.368. The number of aromatic nitrogens is 4. The van der Waals surface area contributed by atoms with Crippen LogP contribution >= 0.6 is 0 Å². The van der Waals surface area contributed by atoms with Crippen molar-refractivity contribution in [2.45, 2.75) is 25.8 Å². The average molecular weight is 321 g/mol. The normalized spacial score (nSPS) is 18.3. The van der Waals surface area contributed by atoms with Crippen molar-refractivity contribution < 1.29 is 0 Å². The van der Waals surface area contributed by atoms with Crippen LogP contribution in [0.2, 0.25) is 0 Å². The summed E-state index contributed by atoms with van der Waals surface area (Å²) in [5, 5.41) is 11.6. The first kappa shape index (κ1) is 15.1. The van der Waals surface area contributed by atoms with Gasteiger partial charge in [0.1, 0.15) is 0 Å². The number of hydrogen-bond donors (Lipinski definition) is 1. The van der Waals surface area contributed by atoms with Gasteiger partial charge in [0.15, 0.2) is 0 Å². The van der Waals surface area contributed by atoms with Crippen molar-refractivity contribution in [3.63, 3.8) is 0 Å². The highest BCUT2D eigenvalue weighted by Gasteiger charge is 2.25. The summed E-state index contributed by atoms with van der Waals surface area (Å²) in [7, 11) is 1.96. The third-order valence-corrected chi connectivity index (χ3v) is 5.01. The van der Waals surface area contributed by atoms with Crippen LogP contribution < -0.4 is 0 Å². The van der Waals surface area contributed by atoms with Gasteiger partial charge in [-0.2, -0.15) is 10.2 Å². The van der Waals surface area contributed by atoms with E-state index >= 15 is 0 Å². The molecular weight excluding hydrogens is 298 g/mol. The van der Waals surface area contributed by atoms with Crippen molar-refractivity contribution in [1.29, 1.82) is 0 Å². The number of aromatic amines is 1. The summed E-state index contributed by atoms with van der Waals surface area (Å²) in [6, 6.07) is 11.0. The van der Waals surface area contributed by atoms with E-state index in [1.165, 1.54) is 23.1 Å². The predicted octanol–water partition coefficient (Wildman–Crippen LogP) is 3.11. The lowest BCUT2D eigenvalue weighted by molar-refractivity contribution is 0.327. The van der Waals surface area contributed by atoms with E-state index in [-0.39, 0.29) is 0 Å². The van der Waals surface area contributed by atoms with E-state index in [1.807, 2.05) is 30.2 Å². The van der Waals surface area contributed by atoms with Gasteiger partial charge in [-0.3, -0.25) is 14.7 Å². The highest BCUT2D eigenvalue weighted by molar-refractivity contribution is 5.58. The molecule has 3 aromatic rings. The summed E-state index contributed by atoms with van der Waals surface area (Å²) >= 11 is 0. The molecule has 0 aliphatic carbocycles. The van der Waals surface area contributed by atoms with Crippen LogP contribution in [0.5, 0.6) is 0 Å². The van der Waals surface area contributed by atoms with Crippen molar-refractivity contribution in [2.75, 3.05) is 13.1 Å². The Kier molecular flexibility index (Phi) is 3.94. The molecular formula is C19H23N5. The second kappa shape index (κ2) is 6.24. The number of H-pyrrole nitrogens is 1. The molecule has 3 heterocycles. The third-order valence-electron chi connectivity index (χ3n) is 5.01. The summed E-state index contributed by atoms with van der Waals surface area (Å²) in [6.45, 7) is 5.32. The van der Waals surface area contributed by atoms with Gasteiger partial charge in [-0.05, 0) is 37.4 Å². The molecule has 1 aliphatic heterocycles. The van der Waals surface area contributed by atoms with Gasteiger partial charge >= 0.3 is 0 Å². The summed E-state index contributed by atoms with van der Waals surface area (Å²) < 4.78 is 1.89. The third kappa shape index (κ3) is 2.87. The van der Waals surface area contributed by atoms with Crippen LogP contribution in [0, 0.1) is 6.92 Å². The molecule has 1 aliphatic rings. The van der Waals surface area contributed by atoms with Crippen molar-refractivity contribution in [2.24, 2.45) is 7.05 Å². The highest BCUT2D eigenvalue weighted by Crippen LogP contribution is 2.30. The Morgan fingerprint density at radius 2 is 2.04 bits per heavy atom. The number of nitrogens with one attached hydrogen (secondary N) is 1. The van der Waals surface area contributed by atoms with E-state index in [9.17, 15) is 0 Å². The quantitative estimate of drug-likeness (QED) is 0.803. The molecule has 1 fully saturated rings. The second-order valence-electron chi connectivity index (χ2n) is 6.74. The van der Waals surface area contributed by atoms with E-state index in [0.717, 1.165) is 31.0 Å². The van der Waals surface area contributed by atoms with Crippen LogP contribution in [0.25, 0.3) is 11.4 Å². The van der Waals surface area contributed by atoms with Crippen molar-refractivity contribution in [1.82, 2.24) is 24.9 Å². The van der Waals surface area contributed by atoms with Gasteiger partial charge < -0.3 is 0 Å². The number of benzene rings is 1. The zero-order valence-corrected chi connectivity index (χ0v) is 14.2. The molecule has 0 amide bonds. The molecule has 0 spiro atoms. The number of rotatable bonds is 4. The minimum atomic E-state index is 0.637. The molecule has 124 valence electrons. The van der Waals surface area contributed by atoms with E-state index in [4.69, 9.17) is 0 Å². The Morgan fingerprint density at radius 1 is 1.21 bits per heavy atom. The van der Waals surface area contributed by atoms with E-state index < -0.39 is 0 Å². The number of nitrogens with zero attached hydrogens (tertiary/aromatic N) is 4. The molecule has 0 bridgehead atoms. The summed E-state index contributed by atoms with van der Waals surface area (Å²) in [6.07, 6.45) is 4.99.